The lowest BCUT2D eigenvalue weighted by atomic mass is 10.1. The third kappa shape index (κ3) is 3.19. The van der Waals surface area contributed by atoms with Crippen molar-refractivity contribution in [2.75, 3.05) is 0 Å². The molecule has 6 nitrogen and oxygen atoms in total. The van der Waals surface area contributed by atoms with E-state index in [1.54, 1.807) is 31.3 Å². The Hall–Kier alpha value is -2.63. The van der Waals surface area contributed by atoms with Crippen LogP contribution in [0.2, 0.25) is 0 Å². The third-order valence-electron chi connectivity index (χ3n) is 2.48. The molecule has 2 aromatic rings. The molecule has 0 radical (unpaired) electrons. The van der Waals surface area contributed by atoms with E-state index in [2.05, 4.69) is 4.98 Å². The van der Waals surface area contributed by atoms with Crippen molar-refractivity contribution < 1.29 is 14.6 Å². The van der Waals surface area contributed by atoms with Gasteiger partial charge in [0.15, 0.2) is 0 Å². The minimum atomic E-state index is -0.896. The largest absolute Gasteiger partial charge is 0.481 e. The molecule has 0 fully saturated rings. The zero-order chi connectivity index (χ0) is 13.8. The number of ether oxygens (including phenoxy) is 1. The maximum atomic E-state index is 11.7. The van der Waals surface area contributed by atoms with E-state index in [1.165, 1.54) is 17.0 Å². The first kappa shape index (κ1) is 12.8. The van der Waals surface area contributed by atoms with Gasteiger partial charge in [0.25, 0.3) is 5.88 Å². The number of carboxylic acids is 1. The van der Waals surface area contributed by atoms with E-state index in [-0.39, 0.29) is 17.9 Å². The van der Waals surface area contributed by atoms with Gasteiger partial charge in [-0.3, -0.25) is 9.59 Å². The number of hydrogen-bond acceptors (Lipinski definition) is 4. The molecule has 1 aromatic heterocycles. The number of aromatic nitrogens is 2. The Morgan fingerprint density at radius 3 is 2.68 bits per heavy atom. The Morgan fingerprint density at radius 1 is 1.37 bits per heavy atom. The molecule has 0 atom stereocenters. The highest BCUT2D eigenvalue weighted by Gasteiger charge is 2.06. The van der Waals surface area contributed by atoms with Crippen LogP contribution in [0.25, 0.3) is 0 Å². The molecule has 98 valence electrons. The highest BCUT2D eigenvalue weighted by molar-refractivity contribution is 5.70. The SMILES string of the molecule is Cn1ccnc(Oc2ccc(CC(=O)O)cc2)c1=O. The van der Waals surface area contributed by atoms with E-state index >= 15 is 0 Å². The molecule has 0 aliphatic carbocycles. The topological polar surface area (TPSA) is 81.4 Å². The average molecular weight is 260 g/mol. The van der Waals surface area contributed by atoms with Gasteiger partial charge in [-0.2, -0.15) is 0 Å². The van der Waals surface area contributed by atoms with Crippen LogP contribution >= 0.6 is 0 Å². The summed E-state index contributed by atoms with van der Waals surface area (Å²) in [6.45, 7) is 0. The van der Waals surface area contributed by atoms with Gasteiger partial charge in [0.2, 0.25) is 0 Å². The third-order valence-corrected chi connectivity index (χ3v) is 2.48. The molecule has 6 heteroatoms. The molecule has 0 aliphatic rings. The van der Waals surface area contributed by atoms with E-state index in [0.717, 1.165) is 0 Å². The fraction of sp³-hybridized carbons (Fsp3) is 0.154. The molecule has 0 unspecified atom stereocenters. The lowest BCUT2D eigenvalue weighted by molar-refractivity contribution is -0.136. The van der Waals surface area contributed by atoms with Crippen LogP contribution in [0.5, 0.6) is 11.6 Å². The van der Waals surface area contributed by atoms with E-state index in [1.807, 2.05) is 0 Å². The predicted octanol–water partition coefficient (Wildman–Crippen LogP) is 1.20. The van der Waals surface area contributed by atoms with Gasteiger partial charge in [0.1, 0.15) is 5.75 Å². The van der Waals surface area contributed by atoms with Gasteiger partial charge in [-0.15, -0.1) is 0 Å². The maximum absolute atomic E-state index is 11.7. The van der Waals surface area contributed by atoms with E-state index in [9.17, 15) is 9.59 Å². The Bertz CT molecular complexity index is 646. The zero-order valence-corrected chi connectivity index (χ0v) is 10.2. The van der Waals surface area contributed by atoms with Crippen molar-refractivity contribution in [3.63, 3.8) is 0 Å². The van der Waals surface area contributed by atoms with Crippen molar-refractivity contribution >= 4 is 5.97 Å². The van der Waals surface area contributed by atoms with Crippen LogP contribution in [0.4, 0.5) is 0 Å². The number of aryl methyl sites for hydroxylation is 1. The second-order valence-corrected chi connectivity index (χ2v) is 3.96. The summed E-state index contributed by atoms with van der Waals surface area (Å²) >= 11 is 0. The molecule has 0 spiro atoms. The first-order chi connectivity index (χ1) is 9.06. The monoisotopic (exact) mass is 260 g/mol. The molecule has 0 amide bonds. The summed E-state index contributed by atoms with van der Waals surface area (Å²) in [5, 5.41) is 8.65. The minimum absolute atomic E-state index is 0.0176. The van der Waals surface area contributed by atoms with E-state index in [0.29, 0.717) is 11.3 Å². The highest BCUT2D eigenvalue weighted by atomic mass is 16.5. The fourth-order valence-corrected chi connectivity index (χ4v) is 1.51. The van der Waals surface area contributed by atoms with Gasteiger partial charge < -0.3 is 14.4 Å². The molecule has 1 heterocycles. The summed E-state index contributed by atoms with van der Waals surface area (Å²) in [6, 6.07) is 6.48. The molecule has 1 N–H and O–H groups in total. The summed E-state index contributed by atoms with van der Waals surface area (Å²) in [6.07, 6.45) is 2.95. The molecule has 2 rings (SSSR count). The summed E-state index contributed by atoms with van der Waals surface area (Å²) in [7, 11) is 1.60. The molecule has 0 saturated carbocycles. The van der Waals surface area contributed by atoms with Crippen molar-refractivity contribution in [3.05, 3.63) is 52.6 Å². The van der Waals surface area contributed by atoms with Crippen molar-refractivity contribution in [2.24, 2.45) is 7.05 Å². The smallest absolute Gasteiger partial charge is 0.313 e. The fourth-order valence-electron chi connectivity index (χ4n) is 1.51. The van der Waals surface area contributed by atoms with Crippen LogP contribution in [0.3, 0.4) is 0 Å². The van der Waals surface area contributed by atoms with Crippen molar-refractivity contribution in [1.29, 1.82) is 0 Å². The minimum Gasteiger partial charge on any atom is -0.481 e. The number of carbonyl (C=O) groups is 1. The molecular weight excluding hydrogens is 248 g/mol. The average Bonchev–Trinajstić information content (AvgIpc) is 2.37. The number of nitrogens with zero attached hydrogens (tertiary/aromatic N) is 2. The number of rotatable bonds is 4. The highest BCUT2D eigenvalue weighted by Crippen LogP contribution is 2.17. The lowest BCUT2D eigenvalue weighted by Gasteiger charge is -2.05. The van der Waals surface area contributed by atoms with Crippen molar-refractivity contribution in [2.45, 2.75) is 6.42 Å². The standard InChI is InChI=1S/C13H12N2O4/c1-15-7-6-14-12(13(15)18)19-10-4-2-9(3-5-10)8-11(16)17/h2-7H,8H2,1H3,(H,16,17). The van der Waals surface area contributed by atoms with Crippen LogP contribution in [0, 0.1) is 0 Å². The van der Waals surface area contributed by atoms with Crippen LogP contribution < -0.4 is 10.3 Å². The number of carboxylic acid groups (broad SMARTS) is 1. The van der Waals surface area contributed by atoms with Crippen molar-refractivity contribution in [1.82, 2.24) is 9.55 Å². The Kier molecular flexibility index (Phi) is 3.61. The molecule has 0 saturated heterocycles. The van der Waals surface area contributed by atoms with Crippen LogP contribution in [0.15, 0.2) is 41.5 Å². The van der Waals surface area contributed by atoms with E-state index < -0.39 is 5.97 Å². The van der Waals surface area contributed by atoms with Crippen LogP contribution in [-0.2, 0) is 18.3 Å². The first-order valence-corrected chi connectivity index (χ1v) is 5.56. The zero-order valence-electron chi connectivity index (χ0n) is 10.2. The molecule has 0 aliphatic heterocycles. The van der Waals surface area contributed by atoms with Crippen LogP contribution in [-0.4, -0.2) is 20.6 Å². The van der Waals surface area contributed by atoms with Gasteiger partial charge >= 0.3 is 11.5 Å². The second-order valence-electron chi connectivity index (χ2n) is 3.96. The van der Waals surface area contributed by atoms with Gasteiger partial charge in [0, 0.05) is 19.4 Å². The number of aliphatic carboxylic acids is 1. The molecular formula is C13H12N2O4. The van der Waals surface area contributed by atoms with Crippen LogP contribution in [0.1, 0.15) is 5.56 Å². The van der Waals surface area contributed by atoms with Gasteiger partial charge in [-0.1, -0.05) is 12.1 Å². The normalized spacial score (nSPS) is 10.2. The Balaban J connectivity index is 2.18. The quantitative estimate of drug-likeness (QED) is 0.893. The molecule has 0 bridgehead atoms. The summed E-state index contributed by atoms with van der Waals surface area (Å²) in [5.41, 5.74) is 0.325. The second kappa shape index (κ2) is 5.34. The van der Waals surface area contributed by atoms with Crippen molar-refractivity contribution in [3.8, 4) is 11.6 Å². The van der Waals surface area contributed by atoms with Gasteiger partial charge in [0.05, 0.1) is 6.42 Å². The molecule has 19 heavy (non-hydrogen) atoms. The lowest BCUT2D eigenvalue weighted by Crippen LogP contribution is -2.18. The van der Waals surface area contributed by atoms with E-state index in [4.69, 9.17) is 9.84 Å². The Morgan fingerprint density at radius 2 is 2.05 bits per heavy atom. The van der Waals surface area contributed by atoms with Gasteiger partial charge in [-0.25, -0.2) is 4.98 Å². The summed E-state index contributed by atoms with van der Waals surface area (Å²) < 4.78 is 6.72. The first-order valence-electron chi connectivity index (χ1n) is 5.56. The number of benzene rings is 1. The molecule has 1 aromatic carbocycles. The maximum Gasteiger partial charge on any atom is 0.313 e. The summed E-state index contributed by atoms with van der Waals surface area (Å²) in [4.78, 5) is 26.1. The van der Waals surface area contributed by atoms with Gasteiger partial charge in [-0.05, 0) is 17.7 Å². The Labute approximate surface area is 108 Å². The predicted molar refractivity (Wildman–Crippen MR) is 67.3 cm³/mol. The number of hydrogen-bond donors (Lipinski definition) is 1. The summed E-state index contributed by atoms with van der Waals surface area (Å²) in [5.74, 6) is -0.479.